The summed E-state index contributed by atoms with van der Waals surface area (Å²) in [7, 11) is -2.88. The molecule has 1 aromatic heterocycles. The van der Waals surface area contributed by atoms with Gasteiger partial charge in [-0.25, -0.2) is 13.4 Å². The van der Waals surface area contributed by atoms with Crippen LogP contribution >= 0.6 is 23.2 Å². The molecule has 0 aromatic carbocycles. The van der Waals surface area contributed by atoms with Crippen LogP contribution in [-0.4, -0.2) is 38.0 Å². The van der Waals surface area contributed by atoms with Crippen molar-refractivity contribution in [3.05, 3.63) is 23.0 Å². The molecular formula is C10H12Cl2N2O2S. The molecular weight excluding hydrogens is 283 g/mol. The number of hydrogen-bond donors (Lipinski definition) is 0. The van der Waals surface area contributed by atoms with Crippen molar-refractivity contribution in [2.75, 3.05) is 29.5 Å². The Hall–Kier alpha value is -0.520. The maximum Gasteiger partial charge on any atom is 0.153 e. The Kier molecular flexibility index (Phi) is 3.80. The minimum atomic E-state index is -2.88. The predicted octanol–water partition coefficient (Wildman–Crippen LogP) is 1.71. The van der Waals surface area contributed by atoms with Crippen molar-refractivity contribution >= 4 is 38.7 Å². The number of alkyl halides is 1. The van der Waals surface area contributed by atoms with Gasteiger partial charge in [0, 0.05) is 30.5 Å². The highest BCUT2D eigenvalue weighted by Gasteiger charge is 2.23. The molecule has 1 aliphatic rings. The molecule has 4 nitrogen and oxygen atoms in total. The summed E-state index contributed by atoms with van der Waals surface area (Å²) in [6, 6.07) is 1.82. The smallest absolute Gasteiger partial charge is 0.153 e. The van der Waals surface area contributed by atoms with Crippen molar-refractivity contribution < 1.29 is 8.42 Å². The quantitative estimate of drug-likeness (QED) is 0.615. The van der Waals surface area contributed by atoms with E-state index < -0.39 is 9.84 Å². The number of hydrogen-bond acceptors (Lipinski definition) is 4. The van der Waals surface area contributed by atoms with Gasteiger partial charge in [-0.3, -0.25) is 0 Å². The zero-order valence-corrected chi connectivity index (χ0v) is 11.4. The lowest BCUT2D eigenvalue weighted by Crippen LogP contribution is -2.40. The zero-order chi connectivity index (χ0) is 12.5. The highest BCUT2D eigenvalue weighted by atomic mass is 35.5. The van der Waals surface area contributed by atoms with Gasteiger partial charge in [-0.1, -0.05) is 11.6 Å². The maximum absolute atomic E-state index is 11.4. The molecule has 0 saturated carbocycles. The number of halogens is 2. The van der Waals surface area contributed by atoms with Gasteiger partial charge in [0.05, 0.1) is 17.4 Å². The molecule has 0 unspecified atom stereocenters. The molecule has 94 valence electrons. The summed E-state index contributed by atoms with van der Waals surface area (Å²) in [4.78, 5) is 5.96. The van der Waals surface area contributed by atoms with Gasteiger partial charge in [0.1, 0.15) is 5.15 Å². The van der Waals surface area contributed by atoms with Crippen LogP contribution in [0.2, 0.25) is 5.15 Å². The van der Waals surface area contributed by atoms with E-state index >= 15 is 0 Å². The molecule has 0 aliphatic carbocycles. The highest BCUT2D eigenvalue weighted by Crippen LogP contribution is 2.28. The molecule has 0 atom stereocenters. The van der Waals surface area contributed by atoms with E-state index in [1.165, 1.54) is 0 Å². The monoisotopic (exact) mass is 294 g/mol. The Morgan fingerprint density at radius 2 is 2.00 bits per heavy atom. The number of sulfone groups is 1. The third kappa shape index (κ3) is 2.84. The van der Waals surface area contributed by atoms with Gasteiger partial charge < -0.3 is 4.90 Å². The van der Waals surface area contributed by atoms with Gasteiger partial charge >= 0.3 is 0 Å². The average Bonchev–Trinajstić information content (AvgIpc) is 2.29. The first-order valence-electron chi connectivity index (χ1n) is 5.18. The molecule has 2 rings (SSSR count). The lowest BCUT2D eigenvalue weighted by molar-refractivity contribution is 0.586. The second-order valence-electron chi connectivity index (χ2n) is 3.87. The summed E-state index contributed by atoms with van der Waals surface area (Å²) in [5, 5.41) is 0.380. The SMILES string of the molecule is O=S1(=O)CCN(c2ccnc(Cl)c2CCl)CC1. The molecule has 1 aliphatic heterocycles. The Balaban J connectivity index is 2.27. The van der Waals surface area contributed by atoms with E-state index in [4.69, 9.17) is 23.2 Å². The van der Waals surface area contributed by atoms with Crippen molar-refractivity contribution in [3.63, 3.8) is 0 Å². The minimum Gasteiger partial charge on any atom is -0.369 e. The fourth-order valence-electron chi connectivity index (χ4n) is 1.83. The Morgan fingerprint density at radius 3 is 2.59 bits per heavy atom. The summed E-state index contributed by atoms with van der Waals surface area (Å²) < 4.78 is 22.7. The van der Waals surface area contributed by atoms with Crippen LogP contribution in [0.15, 0.2) is 12.3 Å². The molecule has 1 aromatic rings. The maximum atomic E-state index is 11.4. The van der Waals surface area contributed by atoms with E-state index in [0.29, 0.717) is 18.2 Å². The molecule has 1 saturated heterocycles. The highest BCUT2D eigenvalue weighted by molar-refractivity contribution is 7.91. The fraction of sp³-hybridized carbons (Fsp3) is 0.500. The number of pyridine rings is 1. The van der Waals surface area contributed by atoms with Crippen molar-refractivity contribution in [1.29, 1.82) is 0 Å². The Morgan fingerprint density at radius 1 is 1.35 bits per heavy atom. The van der Waals surface area contributed by atoms with E-state index in [1.54, 1.807) is 6.20 Å². The van der Waals surface area contributed by atoms with Gasteiger partial charge in [0.15, 0.2) is 9.84 Å². The van der Waals surface area contributed by atoms with Crippen molar-refractivity contribution in [3.8, 4) is 0 Å². The van der Waals surface area contributed by atoms with Crippen LogP contribution in [0.3, 0.4) is 0 Å². The first kappa shape index (κ1) is 12.9. The molecule has 1 fully saturated rings. The molecule has 2 heterocycles. The largest absolute Gasteiger partial charge is 0.369 e. The lowest BCUT2D eigenvalue weighted by atomic mass is 10.2. The number of nitrogens with zero attached hydrogens (tertiary/aromatic N) is 2. The van der Waals surface area contributed by atoms with E-state index in [1.807, 2.05) is 11.0 Å². The second kappa shape index (κ2) is 5.00. The molecule has 0 amide bonds. The second-order valence-corrected chi connectivity index (χ2v) is 6.80. The van der Waals surface area contributed by atoms with Crippen LogP contribution in [0.4, 0.5) is 5.69 Å². The summed E-state index contributed by atoms with van der Waals surface area (Å²) >= 11 is 11.8. The summed E-state index contributed by atoms with van der Waals surface area (Å²) in [5.41, 5.74) is 1.64. The average molecular weight is 295 g/mol. The molecule has 17 heavy (non-hydrogen) atoms. The number of rotatable bonds is 2. The molecule has 0 N–H and O–H groups in total. The first-order chi connectivity index (χ1) is 8.03. The number of aromatic nitrogens is 1. The van der Waals surface area contributed by atoms with Crippen LogP contribution in [0.5, 0.6) is 0 Å². The van der Waals surface area contributed by atoms with Gasteiger partial charge in [-0.2, -0.15) is 0 Å². The topological polar surface area (TPSA) is 50.3 Å². The van der Waals surface area contributed by atoms with E-state index in [0.717, 1.165) is 11.3 Å². The first-order valence-corrected chi connectivity index (χ1v) is 7.91. The van der Waals surface area contributed by atoms with Gasteiger partial charge in [0.25, 0.3) is 0 Å². The zero-order valence-electron chi connectivity index (χ0n) is 9.07. The predicted molar refractivity (Wildman–Crippen MR) is 69.7 cm³/mol. The minimum absolute atomic E-state index is 0.175. The number of anilines is 1. The van der Waals surface area contributed by atoms with Crippen LogP contribution in [-0.2, 0) is 15.7 Å². The standard InChI is InChI=1S/C10H12Cl2N2O2S/c11-7-8-9(1-2-13-10(8)12)14-3-5-17(15,16)6-4-14/h1-2H,3-7H2. The van der Waals surface area contributed by atoms with Crippen LogP contribution in [0, 0.1) is 0 Å². The Bertz CT molecular complexity index is 505. The third-order valence-electron chi connectivity index (χ3n) is 2.80. The fourth-order valence-corrected chi connectivity index (χ4v) is 3.58. The van der Waals surface area contributed by atoms with E-state index in [-0.39, 0.29) is 17.4 Å². The summed E-state index contributed by atoms with van der Waals surface area (Å²) in [6.45, 7) is 0.957. The van der Waals surface area contributed by atoms with Gasteiger partial charge in [-0.15, -0.1) is 11.6 Å². The van der Waals surface area contributed by atoms with Crippen LogP contribution in [0.25, 0.3) is 0 Å². The summed E-state index contributed by atoms with van der Waals surface area (Å²) in [5.74, 6) is 0.620. The lowest BCUT2D eigenvalue weighted by Gasteiger charge is -2.30. The van der Waals surface area contributed by atoms with Crippen LogP contribution < -0.4 is 4.90 Å². The summed E-state index contributed by atoms with van der Waals surface area (Å²) in [6.07, 6.45) is 1.61. The van der Waals surface area contributed by atoms with Gasteiger partial charge in [-0.05, 0) is 6.07 Å². The van der Waals surface area contributed by atoms with E-state index in [9.17, 15) is 8.42 Å². The Labute approximate surface area is 110 Å². The molecule has 0 bridgehead atoms. The van der Waals surface area contributed by atoms with E-state index in [2.05, 4.69) is 4.98 Å². The van der Waals surface area contributed by atoms with Crippen molar-refractivity contribution in [1.82, 2.24) is 4.98 Å². The molecule has 0 radical (unpaired) electrons. The third-order valence-corrected chi connectivity index (χ3v) is 5.00. The van der Waals surface area contributed by atoms with Crippen molar-refractivity contribution in [2.45, 2.75) is 5.88 Å². The van der Waals surface area contributed by atoms with Crippen LogP contribution in [0.1, 0.15) is 5.56 Å². The van der Waals surface area contributed by atoms with Crippen molar-refractivity contribution in [2.24, 2.45) is 0 Å². The molecule has 7 heteroatoms. The van der Waals surface area contributed by atoms with Gasteiger partial charge in [0.2, 0.25) is 0 Å². The molecule has 0 spiro atoms. The normalized spacial score (nSPS) is 19.3.